The first-order valence-electron chi connectivity index (χ1n) is 9.24. The number of carbonyl (C=O) groups excluding carboxylic acids is 3. The minimum Gasteiger partial charge on any atom is -0.444 e. The third-order valence-electron chi connectivity index (χ3n) is 3.55. The summed E-state index contributed by atoms with van der Waals surface area (Å²) in [5, 5.41) is 13.6. The number of carbonyl (C=O) groups is 3. The lowest BCUT2D eigenvalue weighted by Crippen LogP contribution is -2.44. The molecule has 0 bridgehead atoms. The highest BCUT2D eigenvalue weighted by atomic mass is 16.6. The number of hydrogen-bond acceptors (Lipinski definition) is 5. The monoisotopic (exact) mass is 388 g/mol. The van der Waals surface area contributed by atoms with Crippen LogP contribution in [0.5, 0.6) is 0 Å². The smallest absolute Gasteiger partial charge is 0.412 e. The molecule has 0 atom stereocenters. The molecule has 0 spiro atoms. The molecular weight excluding hydrogens is 360 g/mol. The van der Waals surface area contributed by atoms with Crippen LogP contribution in [0.15, 0.2) is 24.3 Å². The summed E-state index contributed by atoms with van der Waals surface area (Å²) in [7, 11) is 0. The molecule has 0 aromatic heterocycles. The second kappa shape index (κ2) is 10.9. The van der Waals surface area contributed by atoms with Crippen molar-refractivity contribution < 1.29 is 19.1 Å². The zero-order valence-electron chi connectivity index (χ0n) is 16.9. The molecule has 8 heteroatoms. The summed E-state index contributed by atoms with van der Waals surface area (Å²) in [6, 6.07) is 7.48. The first-order valence-corrected chi connectivity index (χ1v) is 9.24. The Labute approximate surface area is 165 Å². The summed E-state index contributed by atoms with van der Waals surface area (Å²) in [4.78, 5) is 38.1. The van der Waals surface area contributed by atoms with E-state index in [0.717, 1.165) is 17.7 Å². The largest absolute Gasteiger partial charge is 0.444 e. The second-order valence-corrected chi connectivity index (χ2v) is 7.19. The predicted octanol–water partition coefficient (Wildman–Crippen LogP) is 3.90. The van der Waals surface area contributed by atoms with Crippen LogP contribution < -0.4 is 10.6 Å². The number of imide groups is 1. The van der Waals surface area contributed by atoms with Crippen molar-refractivity contribution in [2.75, 3.05) is 18.4 Å². The van der Waals surface area contributed by atoms with Gasteiger partial charge in [-0.3, -0.25) is 15.0 Å². The van der Waals surface area contributed by atoms with E-state index in [2.05, 4.69) is 10.6 Å². The van der Waals surface area contributed by atoms with Crippen molar-refractivity contribution in [1.29, 1.82) is 5.26 Å². The molecule has 8 nitrogen and oxygen atoms in total. The van der Waals surface area contributed by atoms with Gasteiger partial charge in [-0.15, -0.1) is 0 Å². The van der Waals surface area contributed by atoms with Crippen molar-refractivity contribution in [3.8, 4) is 6.07 Å². The number of anilines is 1. The van der Waals surface area contributed by atoms with Crippen LogP contribution in [0, 0.1) is 11.3 Å². The fourth-order valence-electron chi connectivity index (χ4n) is 2.33. The summed E-state index contributed by atoms with van der Waals surface area (Å²) in [5.41, 5.74) is -0.0184. The maximum Gasteiger partial charge on any atom is 0.412 e. The molecule has 1 rings (SSSR count). The van der Waals surface area contributed by atoms with E-state index in [-0.39, 0.29) is 18.7 Å². The molecule has 1 aromatic rings. The van der Waals surface area contributed by atoms with Crippen LogP contribution >= 0.6 is 0 Å². The summed E-state index contributed by atoms with van der Waals surface area (Å²) >= 11 is 0. The van der Waals surface area contributed by atoms with Gasteiger partial charge in [0.25, 0.3) is 5.91 Å². The Morgan fingerprint density at radius 3 is 2.54 bits per heavy atom. The summed E-state index contributed by atoms with van der Waals surface area (Å²) in [6.07, 6.45) is 1.84. The van der Waals surface area contributed by atoms with E-state index >= 15 is 0 Å². The lowest BCUT2D eigenvalue weighted by molar-refractivity contribution is 0.0634. The molecule has 0 radical (unpaired) electrons. The number of hydrogen-bond donors (Lipinski definition) is 2. The van der Waals surface area contributed by atoms with Crippen LogP contribution in [0.4, 0.5) is 15.3 Å². The van der Waals surface area contributed by atoms with Crippen LogP contribution in [0.1, 0.15) is 57.3 Å². The normalized spacial score (nSPS) is 10.5. The molecule has 0 aliphatic carbocycles. The van der Waals surface area contributed by atoms with E-state index < -0.39 is 23.6 Å². The van der Waals surface area contributed by atoms with Crippen LogP contribution in [0.25, 0.3) is 0 Å². The highest BCUT2D eigenvalue weighted by molar-refractivity contribution is 6.05. The number of urea groups is 1. The zero-order valence-corrected chi connectivity index (χ0v) is 16.9. The molecule has 152 valence electrons. The number of nitriles is 1. The van der Waals surface area contributed by atoms with Crippen LogP contribution in [-0.4, -0.2) is 41.6 Å². The highest BCUT2D eigenvalue weighted by Crippen LogP contribution is 2.16. The Kier molecular flexibility index (Phi) is 8.96. The third kappa shape index (κ3) is 8.08. The van der Waals surface area contributed by atoms with E-state index in [1.165, 1.54) is 6.07 Å². The van der Waals surface area contributed by atoms with Gasteiger partial charge in [-0.05, 0) is 45.4 Å². The average Bonchev–Trinajstić information content (AvgIpc) is 2.61. The van der Waals surface area contributed by atoms with Crippen LogP contribution in [0.3, 0.4) is 0 Å². The van der Waals surface area contributed by atoms with Gasteiger partial charge in [0.1, 0.15) is 12.1 Å². The van der Waals surface area contributed by atoms with Crippen molar-refractivity contribution >= 4 is 23.7 Å². The van der Waals surface area contributed by atoms with Gasteiger partial charge in [0.05, 0.1) is 6.07 Å². The van der Waals surface area contributed by atoms with Gasteiger partial charge in [0, 0.05) is 17.8 Å². The van der Waals surface area contributed by atoms with Crippen molar-refractivity contribution in [2.24, 2.45) is 0 Å². The predicted molar refractivity (Wildman–Crippen MR) is 106 cm³/mol. The van der Waals surface area contributed by atoms with Crippen molar-refractivity contribution in [2.45, 2.75) is 52.6 Å². The third-order valence-corrected chi connectivity index (χ3v) is 3.55. The lowest BCUT2D eigenvalue weighted by Gasteiger charge is -2.21. The van der Waals surface area contributed by atoms with Gasteiger partial charge >= 0.3 is 12.1 Å². The maximum absolute atomic E-state index is 12.8. The van der Waals surface area contributed by atoms with E-state index in [9.17, 15) is 14.4 Å². The van der Waals surface area contributed by atoms with Gasteiger partial charge in [-0.2, -0.15) is 5.26 Å². The van der Waals surface area contributed by atoms with E-state index in [1.807, 2.05) is 13.0 Å². The molecule has 0 saturated carbocycles. The molecule has 1 aromatic carbocycles. The number of benzene rings is 1. The van der Waals surface area contributed by atoms with Gasteiger partial charge in [-0.1, -0.05) is 25.8 Å². The van der Waals surface area contributed by atoms with Gasteiger partial charge < -0.3 is 10.1 Å². The number of amides is 4. The molecule has 0 aliphatic heterocycles. The van der Waals surface area contributed by atoms with Crippen molar-refractivity contribution in [3.05, 3.63) is 29.8 Å². The van der Waals surface area contributed by atoms with E-state index in [0.29, 0.717) is 12.1 Å². The molecule has 0 saturated heterocycles. The zero-order chi connectivity index (χ0) is 21.2. The molecule has 28 heavy (non-hydrogen) atoms. The number of rotatable bonds is 7. The van der Waals surface area contributed by atoms with Gasteiger partial charge in [0.15, 0.2) is 0 Å². The average molecular weight is 388 g/mol. The Morgan fingerprint density at radius 2 is 1.93 bits per heavy atom. The van der Waals surface area contributed by atoms with E-state index in [1.54, 1.807) is 39.0 Å². The Balaban J connectivity index is 2.94. The molecule has 2 N–H and O–H groups in total. The molecule has 4 amide bonds. The summed E-state index contributed by atoms with van der Waals surface area (Å²) < 4.78 is 5.20. The molecule has 0 heterocycles. The van der Waals surface area contributed by atoms with E-state index in [4.69, 9.17) is 10.00 Å². The maximum atomic E-state index is 12.8. The molecule has 0 unspecified atom stereocenters. The number of nitrogens with one attached hydrogen (secondary N) is 2. The fraction of sp³-hybridized carbons (Fsp3) is 0.500. The Morgan fingerprint density at radius 1 is 1.21 bits per heavy atom. The van der Waals surface area contributed by atoms with Gasteiger partial charge in [0.2, 0.25) is 0 Å². The molecule has 0 fully saturated rings. The number of unbranched alkanes of at least 4 members (excludes halogenated alkanes) is 2. The molecule has 0 aliphatic rings. The minimum absolute atomic E-state index is 0.184. The summed E-state index contributed by atoms with van der Waals surface area (Å²) in [6.45, 7) is 7.33. The van der Waals surface area contributed by atoms with Crippen LogP contribution in [-0.2, 0) is 4.74 Å². The minimum atomic E-state index is -0.646. The highest BCUT2D eigenvalue weighted by Gasteiger charge is 2.23. The SMILES string of the molecule is CCCCCN(C(=O)NCC#N)C(=O)c1cccc(NC(=O)OC(C)(C)C)c1. The Bertz CT molecular complexity index is 734. The standard InChI is InChI=1S/C20H28N4O4/c1-5-6-7-13-24(18(26)22-12-11-21)17(25)15-9-8-10-16(14-15)23-19(27)28-20(2,3)4/h8-10,14H,5-7,12-13H2,1-4H3,(H,22,26)(H,23,27). The first-order chi connectivity index (χ1) is 13.2. The second-order valence-electron chi connectivity index (χ2n) is 7.19. The van der Waals surface area contributed by atoms with Gasteiger partial charge in [-0.25, -0.2) is 9.59 Å². The van der Waals surface area contributed by atoms with Crippen LogP contribution in [0.2, 0.25) is 0 Å². The fourth-order valence-corrected chi connectivity index (χ4v) is 2.33. The number of ether oxygens (including phenoxy) is 1. The topological polar surface area (TPSA) is 112 Å². The number of nitrogens with zero attached hydrogens (tertiary/aromatic N) is 2. The lowest BCUT2D eigenvalue weighted by atomic mass is 10.1. The molecular formula is C20H28N4O4. The first kappa shape index (κ1) is 23.0. The van der Waals surface area contributed by atoms with Crippen molar-refractivity contribution in [3.63, 3.8) is 0 Å². The van der Waals surface area contributed by atoms with Crippen molar-refractivity contribution in [1.82, 2.24) is 10.2 Å². The Hall–Kier alpha value is -3.08. The quantitative estimate of drug-likeness (QED) is 0.543. The summed E-state index contributed by atoms with van der Waals surface area (Å²) in [5.74, 6) is -0.501.